The minimum Gasteiger partial charge on any atom is -0.481 e. The SMILES string of the molecule is O=C(O)CC(C1CC1)C1CNC(=O)C1. The molecule has 78 valence electrons. The molecule has 1 heterocycles. The van der Waals surface area contributed by atoms with E-state index in [1.807, 2.05) is 0 Å². The van der Waals surface area contributed by atoms with Crippen LogP contribution in [0.25, 0.3) is 0 Å². The van der Waals surface area contributed by atoms with Crippen LogP contribution in [0.3, 0.4) is 0 Å². The standard InChI is InChI=1S/C10H15NO3/c12-9-3-7(5-11-9)8(4-10(13)14)6-1-2-6/h6-8H,1-5H2,(H,11,12)(H,13,14). The molecule has 2 fully saturated rings. The molecule has 2 rings (SSSR count). The van der Waals surface area contributed by atoms with Gasteiger partial charge in [0.1, 0.15) is 0 Å². The molecule has 2 N–H and O–H groups in total. The third-order valence-electron chi connectivity index (χ3n) is 3.25. The van der Waals surface area contributed by atoms with Crippen molar-refractivity contribution in [2.24, 2.45) is 17.8 Å². The summed E-state index contributed by atoms with van der Waals surface area (Å²) in [5.41, 5.74) is 0. The number of amides is 1. The van der Waals surface area contributed by atoms with E-state index in [1.165, 1.54) is 0 Å². The molecule has 1 aliphatic heterocycles. The van der Waals surface area contributed by atoms with Crippen molar-refractivity contribution in [1.82, 2.24) is 5.32 Å². The fraction of sp³-hybridized carbons (Fsp3) is 0.800. The number of carboxylic acids is 1. The van der Waals surface area contributed by atoms with Gasteiger partial charge in [-0.15, -0.1) is 0 Å². The fourth-order valence-electron chi connectivity index (χ4n) is 2.37. The first kappa shape index (κ1) is 9.49. The van der Waals surface area contributed by atoms with E-state index in [0.29, 0.717) is 18.9 Å². The zero-order valence-electron chi connectivity index (χ0n) is 8.03. The van der Waals surface area contributed by atoms with Crippen LogP contribution in [0.5, 0.6) is 0 Å². The van der Waals surface area contributed by atoms with Crippen molar-refractivity contribution >= 4 is 11.9 Å². The number of hydrogen-bond donors (Lipinski definition) is 2. The number of carbonyl (C=O) groups excluding carboxylic acids is 1. The molecule has 1 amide bonds. The van der Waals surface area contributed by atoms with Crippen LogP contribution in [0.4, 0.5) is 0 Å². The Bertz CT molecular complexity index is 260. The van der Waals surface area contributed by atoms with Crippen LogP contribution in [0.2, 0.25) is 0 Å². The fourth-order valence-corrected chi connectivity index (χ4v) is 2.37. The summed E-state index contributed by atoms with van der Waals surface area (Å²) in [7, 11) is 0. The molecule has 1 saturated carbocycles. The second-order valence-electron chi connectivity index (χ2n) is 4.37. The average Bonchev–Trinajstić information content (AvgIpc) is 2.85. The third-order valence-corrected chi connectivity index (χ3v) is 3.25. The first-order valence-corrected chi connectivity index (χ1v) is 5.15. The Balaban J connectivity index is 1.95. The second kappa shape index (κ2) is 3.59. The molecule has 4 heteroatoms. The van der Waals surface area contributed by atoms with Gasteiger partial charge in [-0.2, -0.15) is 0 Å². The molecule has 2 unspecified atom stereocenters. The Hall–Kier alpha value is -1.06. The molecule has 0 aromatic rings. The van der Waals surface area contributed by atoms with Gasteiger partial charge in [0, 0.05) is 19.4 Å². The maximum atomic E-state index is 11.0. The van der Waals surface area contributed by atoms with Crippen molar-refractivity contribution in [2.45, 2.75) is 25.7 Å². The molecule has 1 aliphatic carbocycles. The number of hydrogen-bond acceptors (Lipinski definition) is 2. The Kier molecular flexibility index (Phi) is 2.44. The Labute approximate surface area is 82.7 Å². The molecule has 0 spiro atoms. The van der Waals surface area contributed by atoms with Crippen LogP contribution in [-0.4, -0.2) is 23.5 Å². The lowest BCUT2D eigenvalue weighted by atomic mass is 9.85. The molecule has 0 radical (unpaired) electrons. The third kappa shape index (κ3) is 2.05. The number of nitrogens with one attached hydrogen (secondary N) is 1. The molecule has 0 aromatic carbocycles. The monoisotopic (exact) mass is 197 g/mol. The van der Waals surface area contributed by atoms with Gasteiger partial charge in [-0.25, -0.2) is 0 Å². The van der Waals surface area contributed by atoms with E-state index in [1.54, 1.807) is 0 Å². The Morgan fingerprint density at radius 1 is 1.50 bits per heavy atom. The predicted octanol–water partition coefficient (Wildman–Crippen LogP) is 0.623. The zero-order valence-corrected chi connectivity index (χ0v) is 8.03. The molecule has 14 heavy (non-hydrogen) atoms. The molecule has 4 nitrogen and oxygen atoms in total. The highest BCUT2D eigenvalue weighted by Gasteiger charge is 2.40. The normalized spacial score (nSPS) is 28.6. The number of carboxylic acid groups (broad SMARTS) is 1. The van der Waals surface area contributed by atoms with Crippen LogP contribution in [0, 0.1) is 17.8 Å². The van der Waals surface area contributed by atoms with Crippen LogP contribution < -0.4 is 5.32 Å². The van der Waals surface area contributed by atoms with Gasteiger partial charge in [0.2, 0.25) is 5.91 Å². The quantitative estimate of drug-likeness (QED) is 0.694. The van der Waals surface area contributed by atoms with Gasteiger partial charge >= 0.3 is 5.97 Å². The van der Waals surface area contributed by atoms with E-state index in [-0.39, 0.29) is 24.2 Å². The first-order chi connectivity index (χ1) is 6.66. The lowest BCUT2D eigenvalue weighted by Gasteiger charge is -2.19. The molecule has 2 aliphatic rings. The summed E-state index contributed by atoms with van der Waals surface area (Å²) in [4.78, 5) is 21.7. The molecule has 1 saturated heterocycles. The highest BCUT2D eigenvalue weighted by molar-refractivity contribution is 5.78. The van der Waals surface area contributed by atoms with E-state index in [9.17, 15) is 9.59 Å². The van der Waals surface area contributed by atoms with Crippen molar-refractivity contribution in [3.8, 4) is 0 Å². The maximum Gasteiger partial charge on any atom is 0.303 e. The van der Waals surface area contributed by atoms with E-state index >= 15 is 0 Å². The summed E-state index contributed by atoms with van der Waals surface area (Å²) in [5.74, 6) is 0.369. The van der Waals surface area contributed by atoms with Crippen LogP contribution in [0.1, 0.15) is 25.7 Å². The minimum atomic E-state index is -0.735. The van der Waals surface area contributed by atoms with E-state index in [4.69, 9.17) is 5.11 Å². The van der Waals surface area contributed by atoms with Gasteiger partial charge in [-0.05, 0) is 30.6 Å². The number of aliphatic carboxylic acids is 1. The zero-order chi connectivity index (χ0) is 10.1. The molecule has 2 atom stereocenters. The summed E-state index contributed by atoms with van der Waals surface area (Å²) < 4.78 is 0. The van der Waals surface area contributed by atoms with E-state index in [2.05, 4.69) is 5.32 Å². The van der Waals surface area contributed by atoms with E-state index in [0.717, 1.165) is 12.8 Å². The second-order valence-corrected chi connectivity index (χ2v) is 4.37. The summed E-state index contributed by atoms with van der Waals surface area (Å²) in [5, 5.41) is 11.6. The number of rotatable bonds is 4. The topological polar surface area (TPSA) is 66.4 Å². The number of carbonyl (C=O) groups is 2. The van der Waals surface area contributed by atoms with Gasteiger partial charge in [0.25, 0.3) is 0 Å². The van der Waals surface area contributed by atoms with Crippen molar-refractivity contribution < 1.29 is 14.7 Å². The van der Waals surface area contributed by atoms with E-state index < -0.39 is 5.97 Å². The van der Waals surface area contributed by atoms with Crippen molar-refractivity contribution in [3.05, 3.63) is 0 Å². The largest absolute Gasteiger partial charge is 0.481 e. The van der Waals surface area contributed by atoms with Crippen LogP contribution in [0.15, 0.2) is 0 Å². The highest BCUT2D eigenvalue weighted by Crippen LogP contribution is 2.43. The summed E-state index contributed by atoms with van der Waals surface area (Å²) in [6, 6.07) is 0. The minimum absolute atomic E-state index is 0.0750. The Morgan fingerprint density at radius 2 is 2.21 bits per heavy atom. The lowest BCUT2D eigenvalue weighted by molar-refractivity contribution is -0.138. The lowest BCUT2D eigenvalue weighted by Crippen LogP contribution is -2.22. The van der Waals surface area contributed by atoms with Gasteiger partial charge in [0.15, 0.2) is 0 Å². The summed E-state index contributed by atoms with van der Waals surface area (Å²) >= 11 is 0. The maximum absolute atomic E-state index is 11.0. The smallest absolute Gasteiger partial charge is 0.303 e. The van der Waals surface area contributed by atoms with Crippen molar-refractivity contribution in [2.75, 3.05) is 6.54 Å². The van der Waals surface area contributed by atoms with Gasteiger partial charge in [0.05, 0.1) is 0 Å². The predicted molar refractivity (Wildman–Crippen MR) is 49.6 cm³/mol. The summed E-state index contributed by atoms with van der Waals surface area (Å²) in [6.07, 6.45) is 3.03. The van der Waals surface area contributed by atoms with Gasteiger partial charge in [-0.1, -0.05) is 0 Å². The first-order valence-electron chi connectivity index (χ1n) is 5.15. The molecule has 0 bridgehead atoms. The highest BCUT2D eigenvalue weighted by atomic mass is 16.4. The Morgan fingerprint density at radius 3 is 2.64 bits per heavy atom. The summed E-state index contributed by atoms with van der Waals surface area (Å²) in [6.45, 7) is 0.674. The van der Waals surface area contributed by atoms with Crippen molar-refractivity contribution in [3.63, 3.8) is 0 Å². The van der Waals surface area contributed by atoms with Crippen LogP contribution in [-0.2, 0) is 9.59 Å². The molecular formula is C10H15NO3. The average molecular weight is 197 g/mol. The molecular weight excluding hydrogens is 182 g/mol. The van der Waals surface area contributed by atoms with Gasteiger partial charge < -0.3 is 10.4 Å². The van der Waals surface area contributed by atoms with Gasteiger partial charge in [-0.3, -0.25) is 9.59 Å². The van der Waals surface area contributed by atoms with Crippen molar-refractivity contribution in [1.29, 1.82) is 0 Å². The molecule has 0 aromatic heterocycles. The van der Waals surface area contributed by atoms with Crippen LogP contribution >= 0.6 is 0 Å².